The molecular weight excluding hydrogens is 138 g/mol. The molecule has 0 aromatic carbocycles. The van der Waals surface area contributed by atoms with E-state index >= 15 is 0 Å². The normalized spacial score (nSPS) is 35.2. The summed E-state index contributed by atoms with van der Waals surface area (Å²) in [6, 6.07) is 0.339. The molecule has 0 bridgehead atoms. The van der Waals surface area contributed by atoms with Gasteiger partial charge in [-0.15, -0.1) is 0 Å². The third-order valence-corrected chi connectivity index (χ3v) is 3.09. The molecule has 0 aromatic heterocycles. The van der Waals surface area contributed by atoms with Crippen molar-refractivity contribution in [1.29, 1.82) is 0 Å². The number of hydrogen-bond acceptors (Lipinski definition) is 2. The van der Waals surface area contributed by atoms with Crippen LogP contribution in [-0.4, -0.2) is 18.8 Å². The van der Waals surface area contributed by atoms with Gasteiger partial charge < -0.3 is 10.5 Å². The Kier molecular flexibility index (Phi) is 2.14. The van der Waals surface area contributed by atoms with Gasteiger partial charge in [0.05, 0.1) is 6.10 Å². The summed E-state index contributed by atoms with van der Waals surface area (Å²) in [5.74, 6) is 0.776. The third-order valence-electron chi connectivity index (χ3n) is 3.09. The number of hydrogen-bond donors (Lipinski definition) is 1. The molecule has 1 saturated heterocycles. The van der Waals surface area contributed by atoms with Gasteiger partial charge in [0, 0.05) is 12.6 Å². The number of rotatable bonds is 2. The van der Waals surface area contributed by atoms with Gasteiger partial charge in [-0.25, -0.2) is 0 Å². The topological polar surface area (TPSA) is 35.2 Å². The van der Waals surface area contributed by atoms with Crippen molar-refractivity contribution in [3.8, 4) is 0 Å². The van der Waals surface area contributed by atoms with E-state index in [0.717, 1.165) is 12.5 Å². The van der Waals surface area contributed by atoms with Gasteiger partial charge in [0.25, 0.3) is 0 Å². The molecule has 2 fully saturated rings. The Morgan fingerprint density at radius 3 is 2.45 bits per heavy atom. The highest BCUT2D eigenvalue weighted by atomic mass is 16.5. The summed E-state index contributed by atoms with van der Waals surface area (Å²) in [7, 11) is 0. The predicted octanol–water partition coefficient (Wildman–Crippen LogP) is 1.29. The first kappa shape index (κ1) is 7.56. The van der Waals surface area contributed by atoms with E-state index < -0.39 is 0 Å². The molecule has 2 N–H and O–H groups in total. The molecule has 2 heteroatoms. The van der Waals surface area contributed by atoms with Crippen molar-refractivity contribution in [1.82, 2.24) is 0 Å². The minimum Gasteiger partial charge on any atom is -0.377 e. The van der Waals surface area contributed by atoms with Gasteiger partial charge in [-0.05, 0) is 31.6 Å². The number of ether oxygens (including phenoxy) is 1. The van der Waals surface area contributed by atoms with E-state index in [-0.39, 0.29) is 0 Å². The smallest absolute Gasteiger partial charge is 0.0729 e. The fraction of sp³-hybridized carbons (Fsp3) is 1.00. The van der Waals surface area contributed by atoms with Gasteiger partial charge in [-0.1, -0.05) is 6.42 Å². The highest BCUT2D eigenvalue weighted by molar-refractivity contribution is 4.87. The Balaban J connectivity index is 1.82. The Morgan fingerprint density at radius 1 is 1.18 bits per heavy atom. The van der Waals surface area contributed by atoms with Crippen molar-refractivity contribution >= 4 is 0 Å². The first-order valence-corrected chi connectivity index (χ1v) is 4.75. The monoisotopic (exact) mass is 155 g/mol. The second-order valence-electron chi connectivity index (χ2n) is 3.82. The lowest BCUT2D eigenvalue weighted by atomic mass is 9.78. The lowest BCUT2D eigenvalue weighted by Crippen LogP contribution is -2.43. The highest BCUT2D eigenvalue weighted by Gasteiger charge is 2.32. The first-order chi connectivity index (χ1) is 5.38. The Bertz CT molecular complexity index is 128. The SMILES string of the molecule is N[C@H](C1CCC1)[C@@H]1CCCO1. The summed E-state index contributed by atoms with van der Waals surface area (Å²) in [5, 5.41) is 0. The Morgan fingerprint density at radius 2 is 2.00 bits per heavy atom. The van der Waals surface area contributed by atoms with Gasteiger partial charge in [0.2, 0.25) is 0 Å². The van der Waals surface area contributed by atoms with E-state index in [0.29, 0.717) is 12.1 Å². The average molecular weight is 155 g/mol. The molecule has 1 aliphatic carbocycles. The summed E-state index contributed by atoms with van der Waals surface area (Å²) in [4.78, 5) is 0. The van der Waals surface area contributed by atoms with Crippen molar-refractivity contribution in [2.75, 3.05) is 6.61 Å². The van der Waals surface area contributed by atoms with Crippen LogP contribution >= 0.6 is 0 Å². The zero-order valence-corrected chi connectivity index (χ0v) is 6.96. The van der Waals surface area contributed by atoms with Crippen LogP contribution in [0.4, 0.5) is 0 Å². The van der Waals surface area contributed by atoms with Gasteiger partial charge in [0.15, 0.2) is 0 Å². The maximum Gasteiger partial charge on any atom is 0.0729 e. The quantitative estimate of drug-likeness (QED) is 0.652. The molecule has 0 radical (unpaired) electrons. The molecule has 1 aliphatic heterocycles. The molecule has 64 valence electrons. The van der Waals surface area contributed by atoms with Crippen LogP contribution in [0.5, 0.6) is 0 Å². The highest BCUT2D eigenvalue weighted by Crippen LogP contribution is 2.32. The van der Waals surface area contributed by atoms with Crippen LogP contribution in [-0.2, 0) is 4.74 Å². The second kappa shape index (κ2) is 3.11. The Hall–Kier alpha value is -0.0800. The molecule has 0 amide bonds. The minimum absolute atomic E-state index is 0.339. The summed E-state index contributed by atoms with van der Waals surface area (Å²) < 4.78 is 5.55. The molecular formula is C9H17NO. The lowest BCUT2D eigenvalue weighted by molar-refractivity contribution is 0.0553. The minimum atomic E-state index is 0.339. The summed E-state index contributed by atoms with van der Waals surface area (Å²) in [5.41, 5.74) is 6.06. The van der Waals surface area contributed by atoms with Crippen LogP contribution in [0.3, 0.4) is 0 Å². The molecule has 2 nitrogen and oxygen atoms in total. The molecule has 1 saturated carbocycles. The molecule has 2 atom stereocenters. The lowest BCUT2D eigenvalue weighted by Gasteiger charge is -2.34. The molecule has 2 rings (SSSR count). The molecule has 0 unspecified atom stereocenters. The Labute approximate surface area is 68.1 Å². The standard InChI is InChI=1S/C9H17NO/c10-9(7-3-1-4-7)8-5-2-6-11-8/h7-9H,1-6,10H2/t8-,9+/m0/s1. The zero-order chi connectivity index (χ0) is 7.68. The van der Waals surface area contributed by atoms with E-state index in [2.05, 4.69) is 0 Å². The van der Waals surface area contributed by atoms with Crippen LogP contribution < -0.4 is 5.73 Å². The van der Waals surface area contributed by atoms with Crippen LogP contribution in [0, 0.1) is 5.92 Å². The van der Waals surface area contributed by atoms with E-state index in [1.54, 1.807) is 0 Å². The molecule has 0 spiro atoms. The van der Waals surface area contributed by atoms with Crippen molar-refractivity contribution < 1.29 is 4.74 Å². The van der Waals surface area contributed by atoms with E-state index in [1.165, 1.54) is 32.1 Å². The van der Waals surface area contributed by atoms with Crippen molar-refractivity contribution in [3.05, 3.63) is 0 Å². The average Bonchev–Trinajstić information content (AvgIpc) is 2.32. The van der Waals surface area contributed by atoms with Gasteiger partial charge >= 0.3 is 0 Å². The molecule has 2 aliphatic rings. The zero-order valence-electron chi connectivity index (χ0n) is 6.96. The summed E-state index contributed by atoms with van der Waals surface area (Å²) >= 11 is 0. The van der Waals surface area contributed by atoms with Crippen LogP contribution in [0.1, 0.15) is 32.1 Å². The van der Waals surface area contributed by atoms with Crippen molar-refractivity contribution in [2.45, 2.75) is 44.2 Å². The van der Waals surface area contributed by atoms with Crippen LogP contribution in [0.2, 0.25) is 0 Å². The van der Waals surface area contributed by atoms with Crippen molar-refractivity contribution in [2.24, 2.45) is 11.7 Å². The number of nitrogens with two attached hydrogens (primary N) is 1. The molecule has 1 heterocycles. The predicted molar refractivity (Wildman–Crippen MR) is 44.3 cm³/mol. The maximum absolute atomic E-state index is 6.06. The maximum atomic E-state index is 6.06. The van der Waals surface area contributed by atoms with Crippen LogP contribution in [0.25, 0.3) is 0 Å². The fourth-order valence-electron chi connectivity index (χ4n) is 2.03. The van der Waals surface area contributed by atoms with Gasteiger partial charge in [0.1, 0.15) is 0 Å². The largest absolute Gasteiger partial charge is 0.377 e. The van der Waals surface area contributed by atoms with E-state index in [1.807, 2.05) is 0 Å². The molecule has 11 heavy (non-hydrogen) atoms. The summed E-state index contributed by atoms with van der Waals surface area (Å²) in [6.07, 6.45) is 6.84. The van der Waals surface area contributed by atoms with Gasteiger partial charge in [-0.3, -0.25) is 0 Å². The van der Waals surface area contributed by atoms with E-state index in [4.69, 9.17) is 10.5 Å². The first-order valence-electron chi connectivity index (χ1n) is 4.75. The van der Waals surface area contributed by atoms with Gasteiger partial charge in [-0.2, -0.15) is 0 Å². The second-order valence-corrected chi connectivity index (χ2v) is 3.82. The van der Waals surface area contributed by atoms with Crippen molar-refractivity contribution in [3.63, 3.8) is 0 Å². The van der Waals surface area contributed by atoms with Crippen LogP contribution in [0.15, 0.2) is 0 Å². The van der Waals surface area contributed by atoms with E-state index in [9.17, 15) is 0 Å². The fourth-order valence-corrected chi connectivity index (χ4v) is 2.03. The third kappa shape index (κ3) is 1.42. The summed E-state index contributed by atoms with van der Waals surface area (Å²) in [6.45, 7) is 0.936. The molecule has 0 aromatic rings.